The molecule has 0 atom stereocenters. The average molecular weight is 197 g/mol. The molecular weight excluding hydrogens is 186 g/mol. The summed E-state index contributed by atoms with van der Waals surface area (Å²) < 4.78 is 5.36. The lowest BCUT2D eigenvalue weighted by atomic mass is 10.2. The molecule has 0 aliphatic carbocycles. The lowest BCUT2D eigenvalue weighted by Gasteiger charge is -2.04. The Balaban J connectivity index is 3.16. The molecule has 1 heterocycles. The van der Waals surface area contributed by atoms with Crippen LogP contribution in [0.3, 0.4) is 0 Å². The minimum absolute atomic E-state index is 0.167. The SMILES string of the molecule is CCOC(=O)c1cn(O)c(C)cc1=O. The van der Waals surface area contributed by atoms with Crippen LogP contribution in [0.25, 0.3) is 0 Å². The molecular formula is C9H11NO4. The first-order valence-corrected chi connectivity index (χ1v) is 4.16. The first-order chi connectivity index (χ1) is 6.56. The highest BCUT2D eigenvalue weighted by molar-refractivity contribution is 5.88. The Hall–Kier alpha value is -1.78. The third-order valence-electron chi connectivity index (χ3n) is 1.71. The largest absolute Gasteiger partial charge is 0.462 e. The molecule has 0 saturated carbocycles. The second kappa shape index (κ2) is 3.95. The van der Waals surface area contributed by atoms with Crippen molar-refractivity contribution in [2.45, 2.75) is 13.8 Å². The minimum Gasteiger partial charge on any atom is -0.462 e. The second-order valence-corrected chi connectivity index (χ2v) is 2.76. The van der Waals surface area contributed by atoms with Gasteiger partial charge in [0.05, 0.1) is 18.5 Å². The van der Waals surface area contributed by atoms with Crippen LogP contribution < -0.4 is 5.43 Å². The molecule has 5 heteroatoms. The van der Waals surface area contributed by atoms with E-state index in [0.717, 1.165) is 6.20 Å². The van der Waals surface area contributed by atoms with E-state index < -0.39 is 11.4 Å². The molecule has 0 aliphatic heterocycles. The molecule has 0 spiro atoms. The highest BCUT2D eigenvalue weighted by Gasteiger charge is 2.12. The number of aromatic nitrogens is 1. The van der Waals surface area contributed by atoms with Gasteiger partial charge in [-0.3, -0.25) is 4.79 Å². The topological polar surface area (TPSA) is 68.5 Å². The van der Waals surface area contributed by atoms with E-state index in [4.69, 9.17) is 0 Å². The lowest BCUT2D eigenvalue weighted by Crippen LogP contribution is -2.20. The molecule has 0 aromatic carbocycles. The van der Waals surface area contributed by atoms with E-state index in [9.17, 15) is 14.8 Å². The maximum absolute atomic E-state index is 11.3. The quantitative estimate of drug-likeness (QED) is 0.556. The molecule has 0 unspecified atom stereocenters. The van der Waals surface area contributed by atoms with Gasteiger partial charge in [-0.1, -0.05) is 0 Å². The highest BCUT2D eigenvalue weighted by Crippen LogP contribution is 1.98. The molecule has 1 aromatic heterocycles. The van der Waals surface area contributed by atoms with Gasteiger partial charge in [0, 0.05) is 6.07 Å². The molecule has 14 heavy (non-hydrogen) atoms. The molecule has 1 N–H and O–H groups in total. The zero-order chi connectivity index (χ0) is 10.7. The van der Waals surface area contributed by atoms with Gasteiger partial charge < -0.3 is 9.94 Å². The van der Waals surface area contributed by atoms with Gasteiger partial charge in [0.25, 0.3) is 0 Å². The van der Waals surface area contributed by atoms with Crippen LogP contribution in [0, 0.1) is 6.92 Å². The van der Waals surface area contributed by atoms with Gasteiger partial charge in [0.1, 0.15) is 5.56 Å². The molecule has 0 radical (unpaired) electrons. The van der Waals surface area contributed by atoms with Crippen molar-refractivity contribution in [3.63, 3.8) is 0 Å². The number of hydrogen-bond donors (Lipinski definition) is 1. The summed E-state index contributed by atoms with van der Waals surface area (Å²) in [7, 11) is 0. The summed E-state index contributed by atoms with van der Waals surface area (Å²) in [5.74, 6) is -0.722. The Labute approximate surface area is 80.5 Å². The van der Waals surface area contributed by atoms with Crippen molar-refractivity contribution in [1.82, 2.24) is 4.73 Å². The number of pyridine rings is 1. The van der Waals surface area contributed by atoms with Crippen molar-refractivity contribution in [2.24, 2.45) is 0 Å². The van der Waals surface area contributed by atoms with Crippen molar-refractivity contribution in [1.29, 1.82) is 0 Å². The molecule has 0 bridgehead atoms. The number of carbonyl (C=O) groups is 1. The first-order valence-electron chi connectivity index (χ1n) is 4.16. The zero-order valence-electron chi connectivity index (χ0n) is 7.98. The molecule has 0 fully saturated rings. The summed E-state index contributed by atoms with van der Waals surface area (Å²) in [6.45, 7) is 3.39. The number of ether oxygens (including phenoxy) is 1. The number of carbonyl (C=O) groups excluding carboxylic acids is 1. The van der Waals surface area contributed by atoms with E-state index in [-0.39, 0.29) is 12.2 Å². The fraction of sp³-hybridized carbons (Fsp3) is 0.333. The number of aryl methyl sites for hydroxylation is 1. The van der Waals surface area contributed by atoms with Crippen LogP contribution in [0.5, 0.6) is 0 Å². The predicted octanol–water partition coefficient (Wildman–Crippen LogP) is 0.571. The van der Waals surface area contributed by atoms with Gasteiger partial charge in [-0.2, -0.15) is 4.73 Å². The van der Waals surface area contributed by atoms with Crippen LogP contribution >= 0.6 is 0 Å². The van der Waals surface area contributed by atoms with E-state index >= 15 is 0 Å². The van der Waals surface area contributed by atoms with Crippen molar-refractivity contribution < 1.29 is 14.7 Å². The van der Waals surface area contributed by atoms with E-state index in [1.165, 1.54) is 6.07 Å². The molecule has 0 aliphatic rings. The number of nitrogens with zero attached hydrogens (tertiary/aromatic N) is 1. The second-order valence-electron chi connectivity index (χ2n) is 2.76. The molecule has 1 aromatic rings. The molecule has 76 valence electrons. The molecule has 0 amide bonds. The third kappa shape index (κ3) is 1.93. The first kappa shape index (κ1) is 10.3. The van der Waals surface area contributed by atoms with Crippen molar-refractivity contribution in [2.75, 3.05) is 6.61 Å². The van der Waals surface area contributed by atoms with Gasteiger partial charge in [-0.05, 0) is 13.8 Å². The smallest absolute Gasteiger partial charge is 0.343 e. The number of esters is 1. The van der Waals surface area contributed by atoms with E-state index in [0.29, 0.717) is 10.4 Å². The number of rotatable bonds is 2. The summed E-state index contributed by atoms with van der Waals surface area (Å²) in [6.07, 6.45) is 1.05. The fourth-order valence-electron chi connectivity index (χ4n) is 0.983. The van der Waals surface area contributed by atoms with Crippen LogP contribution in [-0.4, -0.2) is 22.5 Å². The van der Waals surface area contributed by atoms with Crippen molar-refractivity contribution >= 4 is 5.97 Å². The predicted molar refractivity (Wildman–Crippen MR) is 48.6 cm³/mol. The van der Waals surface area contributed by atoms with Crippen molar-refractivity contribution in [3.8, 4) is 0 Å². The highest BCUT2D eigenvalue weighted by atomic mass is 16.5. The zero-order valence-corrected chi connectivity index (χ0v) is 7.98. The van der Waals surface area contributed by atoms with E-state index in [1.807, 2.05) is 0 Å². The van der Waals surface area contributed by atoms with Crippen LogP contribution in [0.4, 0.5) is 0 Å². The van der Waals surface area contributed by atoms with Crippen molar-refractivity contribution in [3.05, 3.63) is 33.7 Å². The Bertz CT molecular complexity index is 408. The molecule has 1 rings (SSSR count). The van der Waals surface area contributed by atoms with Gasteiger partial charge >= 0.3 is 5.97 Å². The van der Waals surface area contributed by atoms with Gasteiger partial charge in [0.15, 0.2) is 5.43 Å². The normalized spacial score (nSPS) is 9.86. The van der Waals surface area contributed by atoms with Crippen LogP contribution in [0.2, 0.25) is 0 Å². The summed E-state index contributed by atoms with van der Waals surface area (Å²) in [5.41, 5.74) is -0.255. The van der Waals surface area contributed by atoms with Gasteiger partial charge in [-0.25, -0.2) is 4.79 Å². The van der Waals surface area contributed by atoms with E-state index in [1.54, 1.807) is 13.8 Å². The molecule has 5 nitrogen and oxygen atoms in total. The average Bonchev–Trinajstić information content (AvgIpc) is 2.11. The summed E-state index contributed by atoms with van der Waals surface area (Å²) >= 11 is 0. The fourth-order valence-corrected chi connectivity index (χ4v) is 0.983. The Morgan fingerprint density at radius 1 is 1.64 bits per heavy atom. The maximum Gasteiger partial charge on any atom is 0.343 e. The maximum atomic E-state index is 11.3. The van der Waals surface area contributed by atoms with Crippen LogP contribution in [0.15, 0.2) is 17.1 Å². The third-order valence-corrected chi connectivity index (χ3v) is 1.71. The van der Waals surface area contributed by atoms with Crippen LogP contribution in [-0.2, 0) is 4.74 Å². The Kier molecular flexibility index (Phi) is 2.91. The Morgan fingerprint density at radius 2 is 2.29 bits per heavy atom. The standard InChI is InChI=1S/C9H11NO4/c1-3-14-9(12)7-5-10(13)6(2)4-8(7)11/h4-5,13H,3H2,1-2H3. The Morgan fingerprint density at radius 3 is 2.86 bits per heavy atom. The summed E-state index contributed by atoms with van der Waals surface area (Å²) in [4.78, 5) is 22.5. The van der Waals surface area contributed by atoms with Gasteiger partial charge in [0.2, 0.25) is 0 Å². The summed E-state index contributed by atoms with van der Waals surface area (Å²) in [6, 6.07) is 1.17. The lowest BCUT2D eigenvalue weighted by molar-refractivity contribution is 0.0519. The van der Waals surface area contributed by atoms with Gasteiger partial charge in [-0.15, -0.1) is 0 Å². The monoisotopic (exact) mass is 197 g/mol. The van der Waals surface area contributed by atoms with Crippen LogP contribution in [0.1, 0.15) is 23.0 Å². The van der Waals surface area contributed by atoms with E-state index in [2.05, 4.69) is 4.74 Å². The number of hydrogen-bond acceptors (Lipinski definition) is 4. The summed E-state index contributed by atoms with van der Waals surface area (Å²) in [5, 5.41) is 9.21. The minimum atomic E-state index is -0.722. The molecule has 0 saturated heterocycles.